The first-order valence-corrected chi connectivity index (χ1v) is 21.4. The van der Waals surface area contributed by atoms with Crippen LogP contribution in [0.15, 0.2) is 65.8 Å². The van der Waals surface area contributed by atoms with Crippen molar-refractivity contribution in [2.45, 2.75) is 63.5 Å². The lowest BCUT2D eigenvalue weighted by Gasteiger charge is -2.35. The summed E-state index contributed by atoms with van der Waals surface area (Å²) in [6, 6.07) is 11.9. The molecule has 15 nitrogen and oxygen atoms in total. The number of amides is 3. The normalized spacial score (nSPS) is 19.8. The third-order valence-corrected chi connectivity index (χ3v) is 12.9. The molecule has 0 spiro atoms. The number of aromatic hydroxyl groups is 1. The van der Waals surface area contributed by atoms with E-state index in [1.807, 2.05) is 59.7 Å². The number of piperazine rings is 1. The van der Waals surface area contributed by atoms with Crippen LogP contribution in [0.2, 0.25) is 0 Å². The number of hydrogen-bond donors (Lipinski definition) is 3. The number of imide groups is 1. The van der Waals surface area contributed by atoms with Gasteiger partial charge in [0.05, 0.1) is 46.2 Å². The summed E-state index contributed by atoms with van der Waals surface area (Å²) in [5, 5.41) is 20.1. The van der Waals surface area contributed by atoms with Crippen LogP contribution in [0.1, 0.15) is 73.0 Å². The van der Waals surface area contributed by atoms with E-state index in [0.29, 0.717) is 23.8 Å². The number of phenolic OH excluding ortho intramolecular Hbond substituents is 1. The smallest absolute Gasteiger partial charge is 0.329 e. The molecule has 1 atom stereocenters. The standard InChI is InChI=1S/C45H47F3N10O5/c1-54-37-19-26(6-11-35(37)58(45(54)63)36-12-13-38(59)52-44(36)62)3-2-14-55-15-17-56(18-16-55)31-23-49-42(50-24-31)28-7-8-29-25-57(53-34(29)20-28)30-9-4-27(5-10-30)22-51-43(61)32-21-33(46)41(60)40(48)39(32)47/h6-8,11,19-21,23-25,27,30,36,60H,2-5,9-10,12-18,22H2,1H3,(H,51,61)(H,52,59,62). The van der Waals surface area contributed by atoms with Crippen molar-refractivity contribution in [3.8, 4) is 17.1 Å². The highest BCUT2D eigenvalue weighted by atomic mass is 19.2. The monoisotopic (exact) mass is 864 g/mol. The number of aromatic nitrogens is 6. The first kappa shape index (κ1) is 41.8. The Hall–Kier alpha value is -6.56. The second-order valence-corrected chi connectivity index (χ2v) is 16.8. The average Bonchev–Trinajstić information content (AvgIpc) is 3.83. The minimum absolute atomic E-state index is 0.107. The van der Waals surface area contributed by atoms with Gasteiger partial charge >= 0.3 is 5.69 Å². The van der Waals surface area contributed by atoms with Gasteiger partial charge in [0, 0.05) is 63.3 Å². The Balaban J connectivity index is 0.737. The number of aryl methyl sites for hydroxylation is 2. The first-order chi connectivity index (χ1) is 30.4. The molecule has 0 radical (unpaired) electrons. The van der Waals surface area contributed by atoms with Gasteiger partial charge in [0.2, 0.25) is 17.6 Å². The summed E-state index contributed by atoms with van der Waals surface area (Å²) in [7, 11) is 1.71. The molecular weight excluding hydrogens is 818 g/mol. The van der Waals surface area contributed by atoms with Crippen LogP contribution >= 0.6 is 0 Å². The molecule has 328 valence electrons. The quantitative estimate of drug-likeness (QED) is 0.117. The number of imidazole rings is 1. The highest BCUT2D eigenvalue weighted by Gasteiger charge is 2.32. The van der Waals surface area contributed by atoms with Crippen LogP contribution < -0.4 is 21.2 Å². The Morgan fingerprint density at radius 1 is 0.905 bits per heavy atom. The maximum atomic E-state index is 14.2. The molecule has 6 aromatic rings. The average molecular weight is 865 g/mol. The molecule has 1 aliphatic carbocycles. The summed E-state index contributed by atoms with van der Waals surface area (Å²) >= 11 is 0. The number of anilines is 1. The maximum absolute atomic E-state index is 14.2. The minimum Gasteiger partial charge on any atom is -0.503 e. The molecule has 18 heteroatoms. The van der Waals surface area contributed by atoms with Gasteiger partial charge in [0.15, 0.2) is 23.2 Å². The predicted molar refractivity (Wildman–Crippen MR) is 228 cm³/mol. The fraction of sp³-hybridized carbons (Fsp3) is 0.400. The van der Waals surface area contributed by atoms with Crippen molar-refractivity contribution < 1.29 is 32.7 Å². The first-order valence-electron chi connectivity index (χ1n) is 21.4. The van der Waals surface area contributed by atoms with E-state index < -0.39 is 46.6 Å². The molecule has 63 heavy (non-hydrogen) atoms. The van der Waals surface area contributed by atoms with Crippen LogP contribution in [-0.2, 0) is 23.1 Å². The van der Waals surface area contributed by atoms with Crippen molar-refractivity contribution in [3.63, 3.8) is 0 Å². The number of carbonyl (C=O) groups is 3. The van der Waals surface area contributed by atoms with E-state index in [0.717, 1.165) is 104 Å². The minimum atomic E-state index is -1.79. The van der Waals surface area contributed by atoms with Crippen molar-refractivity contribution in [2.24, 2.45) is 13.0 Å². The summed E-state index contributed by atoms with van der Waals surface area (Å²) in [5.41, 5.74) is 4.20. The SMILES string of the molecule is Cn1c(=O)n(C2CCC(=O)NC2=O)c2ccc(CCCN3CCN(c4cnc(-c5ccc6cn(C7CCC(CNC(=O)c8cc(F)c(O)c(F)c8F)CC7)nc6c5)nc4)CC3)cc21. The third kappa shape index (κ3) is 8.38. The topological polar surface area (TPSA) is 173 Å². The van der Waals surface area contributed by atoms with Crippen molar-refractivity contribution >= 4 is 45.3 Å². The van der Waals surface area contributed by atoms with Crippen LogP contribution in [-0.4, -0.2) is 95.9 Å². The summed E-state index contributed by atoms with van der Waals surface area (Å²) in [6.07, 6.45) is 11.3. The van der Waals surface area contributed by atoms with Gasteiger partial charge < -0.3 is 15.3 Å². The number of benzene rings is 3. The molecule has 1 unspecified atom stereocenters. The fourth-order valence-corrected chi connectivity index (χ4v) is 9.22. The van der Waals surface area contributed by atoms with Crippen LogP contribution in [0.3, 0.4) is 0 Å². The van der Waals surface area contributed by atoms with E-state index in [-0.39, 0.29) is 36.5 Å². The van der Waals surface area contributed by atoms with E-state index in [1.54, 1.807) is 11.6 Å². The molecule has 3 N–H and O–H groups in total. The molecule has 1 saturated carbocycles. The summed E-state index contributed by atoms with van der Waals surface area (Å²) in [5.74, 6) is -7.19. The highest BCUT2D eigenvalue weighted by molar-refractivity contribution is 6.00. The van der Waals surface area contributed by atoms with E-state index in [4.69, 9.17) is 15.1 Å². The molecule has 5 heterocycles. The number of carbonyl (C=O) groups excluding carboxylic acids is 3. The van der Waals surface area contributed by atoms with Crippen molar-refractivity contribution in [1.29, 1.82) is 0 Å². The van der Waals surface area contributed by atoms with Crippen molar-refractivity contribution in [3.05, 3.63) is 100 Å². The van der Waals surface area contributed by atoms with E-state index in [9.17, 15) is 37.5 Å². The summed E-state index contributed by atoms with van der Waals surface area (Å²) in [6.45, 7) is 4.70. The van der Waals surface area contributed by atoms with Crippen LogP contribution in [0.4, 0.5) is 18.9 Å². The molecule has 3 aromatic carbocycles. The van der Waals surface area contributed by atoms with E-state index in [1.165, 1.54) is 4.57 Å². The van der Waals surface area contributed by atoms with Gasteiger partial charge in [-0.15, -0.1) is 0 Å². The number of nitrogens with one attached hydrogen (secondary N) is 2. The number of phenols is 1. The predicted octanol–water partition coefficient (Wildman–Crippen LogP) is 5.16. The van der Waals surface area contributed by atoms with Crippen LogP contribution in [0.5, 0.6) is 5.75 Å². The van der Waals surface area contributed by atoms with Crippen molar-refractivity contribution in [1.82, 2.24) is 44.4 Å². The lowest BCUT2D eigenvalue weighted by atomic mass is 9.86. The number of rotatable bonds is 11. The molecule has 0 bridgehead atoms. The molecule has 3 aromatic heterocycles. The number of hydrogen-bond acceptors (Lipinski definition) is 10. The van der Waals surface area contributed by atoms with E-state index >= 15 is 0 Å². The Morgan fingerprint density at radius 3 is 2.41 bits per heavy atom. The highest BCUT2D eigenvalue weighted by Crippen LogP contribution is 2.34. The fourth-order valence-electron chi connectivity index (χ4n) is 9.22. The van der Waals surface area contributed by atoms with Gasteiger partial charge in [-0.2, -0.15) is 9.49 Å². The van der Waals surface area contributed by atoms with Gasteiger partial charge in [-0.1, -0.05) is 18.2 Å². The molecule has 9 rings (SSSR count). The Bertz CT molecular complexity index is 2790. The second-order valence-electron chi connectivity index (χ2n) is 16.8. The Kier molecular flexibility index (Phi) is 11.5. The van der Waals surface area contributed by atoms with Crippen LogP contribution in [0.25, 0.3) is 33.3 Å². The lowest BCUT2D eigenvalue weighted by Crippen LogP contribution is -2.46. The molecule has 3 aliphatic rings. The van der Waals surface area contributed by atoms with Gasteiger partial charge in [-0.25, -0.2) is 23.5 Å². The van der Waals surface area contributed by atoms with Gasteiger partial charge in [0.25, 0.3) is 5.91 Å². The van der Waals surface area contributed by atoms with Gasteiger partial charge in [0.1, 0.15) is 6.04 Å². The van der Waals surface area contributed by atoms with Gasteiger partial charge in [-0.05, 0) is 87.2 Å². The Labute approximate surface area is 359 Å². The molecule has 2 aliphatic heterocycles. The number of piperidine rings is 1. The zero-order chi connectivity index (χ0) is 43.9. The third-order valence-electron chi connectivity index (χ3n) is 12.9. The van der Waals surface area contributed by atoms with Crippen molar-refractivity contribution in [2.75, 3.05) is 44.2 Å². The van der Waals surface area contributed by atoms with Crippen LogP contribution in [0, 0.1) is 23.4 Å². The summed E-state index contributed by atoms with van der Waals surface area (Å²) < 4.78 is 46.7. The number of fused-ring (bicyclic) bond motifs is 2. The van der Waals surface area contributed by atoms with Gasteiger partial charge in [-0.3, -0.25) is 38.4 Å². The zero-order valence-electron chi connectivity index (χ0n) is 34.7. The second kappa shape index (κ2) is 17.3. The molecule has 3 fully saturated rings. The molecule has 3 amide bonds. The molecular formula is C45H47F3N10O5. The van der Waals surface area contributed by atoms with E-state index in [2.05, 4.69) is 20.4 Å². The summed E-state index contributed by atoms with van der Waals surface area (Å²) in [4.78, 5) is 64.0. The number of halogens is 3. The zero-order valence-corrected chi connectivity index (χ0v) is 34.7. The maximum Gasteiger partial charge on any atom is 0.329 e. The molecule has 2 saturated heterocycles. The Morgan fingerprint density at radius 2 is 1.67 bits per heavy atom. The number of nitrogens with zero attached hydrogens (tertiary/aromatic N) is 8. The largest absolute Gasteiger partial charge is 0.503 e. The lowest BCUT2D eigenvalue weighted by molar-refractivity contribution is -0.135.